The Morgan fingerprint density at radius 3 is 2.58 bits per heavy atom. The second kappa shape index (κ2) is 11.0. The van der Waals surface area contributed by atoms with Crippen LogP contribution >= 0.6 is 0 Å². The van der Waals surface area contributed by atoms with E-state index >= 15 is 0 Å². The minimum atomic E-state index is 0.365. The lowest BCUT2D eigenvalue weighted by molar-refractivity contribution is 0.321. The SMILES string of the molecule is CCNC(=NCCc1c(C)noc1C)NC1CCN(Cc2cc(OC)cc(OC)c2)C1. The smallest absolute Gasteiger partial charge is 0.191 e. The zero-order valence-electron chi connectivity index (χ0n) is 19.3. The van der Waals surface area contributed by atoms with Gasteiger partial charge in [-0.15, -0.1) is 0 Å². The molecule has 2 heterocycles. The van der Waals surface area contributed by atoms with Crippen LogP contribution in [0.1, 0.15) is 35.9 Å². The molecule has 1 fully saturated rings. The first-order valence-corrected chi connectivity index (χ1v) is 10.9. The topological polar surface area (TPSA) is 84.2 Å². The molecular weight excluding hydrogens is 394 g/mol. The summed E-state index contributed by atoms with van der Waals surface area (Å²) >= 11 is 0. The van der Waals surface area contributed by atoms with Crippen LogP contribution in [0.3, 0.4) is 0 Å². The number of guanidine groups is 1. The number of aromatic nitrogens is 1. The minimum Gasteiger partial charge on any atom is -0.497 e. The Labute approximate surface area is 185 Å². The molecule has 31 heavy (non-hydrogen) atoms. The van der Waals surface area contributed by atoms with Crippen molar-refractivity contribution < 1.29 is 14.0 Å². The highest BCUT2D eigenvalue weighted by Crippen LogP contribution is 2.24. The minimum absolute atomic E-state index is 0.365. The van der Waals surface area contributed by atoms with Crippen molar-refractivity contribution in [1.82, 2.24) is 20.7 Å². The molecule has 0 amide bonds. The average molecular weight is 430 g/mol. The number of ether oxygens (including phenoxy) is 2. The largest absolute Gasteiger partial charge is 0.497 e. The number of rotatable bonds is 9. The van der Waals surface area contributed by atoms with Gasteiger partial charge in [0.25, 0.3) is 0 Å². The monoisotopic (exact) mass is 429 g/mol. The van der Waals surface area contributed by atoms with Gasteiger partial charge in [0.15, 0.2) is 5.96 Å². The first-order chi connectivity index (χ1) is 15.0. The number of nitrogens with zero attached hydrogens (tertiary/aromatic N) is 3. The maximum atomic E-state index is 5.40. The van der Waals surface area contributed by atoms with Gasteiger partial charge in [0.05, 0.1) is 19.9 Å². The third-order valence-corrected chi connectivity index (χ3v) is 5.59. The molecule has 1 saturated heterocycles. The first kappa shape index (κ1) is 22.9. The molecule has 1 aromatic heterocycles. The van der Waals surface area contributed by atoms with E-state index in [-0.39, 0.29) is 0 Å². The summed E-state index contributed by atoms with van der Waals surface area (Å²) in [5.74, 6) is 3.39. The van der Waals surface area contributed by atoms with Gasteiger partial charge >= 0.3 is 0 Å². The molecule has 1 aromatic carbocycles. The lowest BCUT2D eigenvalue weighted by Gasteiger charge is -2.19. The molecule has 0 bridgehead atoms. The first-order valence-electron chi connectivity index (χ1n) is 10.9. The molecule has 0 aliphatic carbocycles. The maximum Gasteiger partial charge on any atom is 0.191 e. The number of likely N-dealkylation sites (tertiary alicyclic amines) is 1. The van der Waals surface area contributed by atoms with Crippen LogP contribution in [-0.4, -0.2) is 62.5 Å². The molecule has 8 heteroatoms. The van der Waals surface area contributed by atoms with Crippen molar-refractivity contribution in [2.24, 2.45) is 4.99 Å². The molecule has 2 N–H and O–H groups in total. The fraction of sp³-hybridized carbons (Fsp3) is 0.565. The standard InChI is InChI=1S/C23H35N5O3/c1-6-24-23(25-9-7-22-16(2)27-31-17(22)3)26-19-8-10-28(15-19)14-18-11-20(29-4)13-21(12-18)30-5/h11-13,19H,6-10,14-15H2,1-5H3,(H2,24,25,26). The van der Waals surface area contributed by atoms with E-state index in [0.717, 1.165) is 73.5 Å². The van der Waals surface area contributed by atoms with Crippen molar-refractivity contribution in [2.45, 2.75) is 46.2 Å². The number of aryl methyl sites for hydroxylation is 2. The Hall–Kier alpha value is -2.74. The van der Waals surface area contributed by atoms with Crippen LogP contribution in [0.2, 0.25) is 0 Å². The van der Waals surface area contributed by atoms with Crippen LogP contribution in [0, 0.1) is 13.8 Å². The zero-order valence-corrected chi connectivity index (χ0v) is 19.3. The number of methoxy groups -OCH3 is 2. The van der Waals surface area contributed by atoms with Gasteiger partial charge < -0.3 is 24.6 Å². The van der Waals surface area contributed by atoms with E-state index in [4.69, 9.17) is 19.0 Å². The van der Waals surface area contributed by atoms with Gasteiger partial charge in [0.2, 0.25) is 0 Å². The highest BCUT2D eigenvalue weighted by atomic mass is 16.5. The molecule has 0 radical (unpaired) electrons. The zero-order chi connectivity index (χ0) is 22.2. The van der Waals surface area contributed by atoms with Crippen LogP contribution in [-0.2, 0) is 13.0 Å². The molecule has 2 aromatic rings. The quantitative estimate of drug-likeness (QED) is 0.468. The number of hydrogen-bond donors (Lipinski definition) is 2. The Morgan fingerprint density at radius 1 is 1.23 bits per heavy atom. The molecule has 170 valence electrons. The molecule has 1 aliphatic rings. The van der Waals surface area contributed by atoms with Gasteiger partial charge in [-0.25, -0.2) is 0 Å². The molecular formula is C23H35N5O3. The molecule has 3 rings (SSSR count). The summed E-state index contributed by atoms with van der Waals surface area (Å²) in [6, 6.07) is 6.41. The summed E-state index contributed by atoms with van der Waals surface area (Å²) in [5.41, 5.74) is 3.29. The Kier molecular flexibility index (Phi) is 8.17. The Balaban J connectivity index is 1.54. The van der Waals surface area contributed by atoms with E-state index < -0.39 is 0 Å². The van der Waals surface area contributed by atoms with Crippen molar-refractivity contribution >= 4 is 5.96 Å². The highest BCUT2D eigenvalue weighted by molar-refractivity contribution is 5.80. The van der Waals surface area contributed by atoms with Crippen molar-refractivity contribution in [3.63, 3.8) is 0 Å². The summed E-state index contributed by atoms with van der Waals surface area (Å²) in [4.78, 5) is 7.21. The van der Waals surface area contributed by atoms with Crippen molar-refractivity contribution in [3.8, 4) is 11.5 Å². The highest BCUT2D eigenvalue weighted by Gasteiger charge is 2.23. The third kappa shape index (κ3) is 6.37. The summed E-state index contributed by atoms with van der Waals surface area (Å²) < 4.78 is 16.0. The van der Waals surface area contributed by atoms with E-state index in [2.05, 4.69) is 39.7 Å². The summed E-state index contributed by atoms with van der Waals surface area (Å²) in [6.45, 7) is 10.4. The predicted octanol–water partition coefficient (Wildman–Crippen LogP) is 2.68. The second-order valence-corrected chi connectivity index (χ2v) is 7.90. The third-order valence-electron chi connectivity index (χ3n) is 5.59. The number of nitrogens with one attached hydrogen (secondary N) is 2. The molecule has 1 atom stereocenters. The second-order valence-electron chi connectivity index (χ2n) is 7.90. The Morgan fingerprint density at radius 2 is 1.97 bits per heavy atom. The van der Waals surface area contributed by atoms with E-state index in [1.165, 1.54) is 5.56 Å². The molecule has 0 spiro atoms. The Bertz CT molecular complexity index is 838. The van der Waals surface area contributed by atoms with Gasteiger partial charge in [-0.2, -0.15) is 0 Å². The van der Waals surface area contributed by atoms with Crippen LogP contribution in [0.15, 0.2) is 27.7 Å². The summed E-state index contributed by atoms with van der Waals surface area (Å²) in [7, 11) is 3.36. The van der Waals surface area contributed by atoms with E-state index in [0.29, 0.717) is 12.6 Å². The predicted molar refractivity (Wildman–Crippen MR) is 122 cm³/mol. The van der Waals surface area contributed by atoms with Gasteiger partial charge in [-0.05, 0) is 51.3 Å². The summed E-state index contributed by atoms with van der Waals surface area (Å²) in [6.07, 6.45) is 1.90. The van der Waals surface area contributed by atoms with Gasteiger partial charge in [-0.3, -0.25) is 9.89 Å². The van der Waals surface area contributed by atoms with Gasteiger partial charge in [0.1, 0.15) is 17.3 Å². The van der Waals surface area contributed by atoms with Crippen molar-refractivity contribution in [1.29, 1.82) is 0 Å². The van der Waals surface area contributed by atoms with E-state index in [1.54, 1.807) is 14.2 Å². The van der Waals surface area contributed by atoms with Crippen LogP contribution in [0.4, 0.5) is 0 Å². The lowest BCUT2D eigenvalue weighted by atomic mass is 10.1. The average Bonchev–Trinajstić information content (AvgIpc) is 3.34. The van der Waals surface area contributed by atoms with Crippen LogP contribution < -0.4 is 20.1 Å². The lowest BCUT2D eigenvalue weighted by Crippen LogP contribution is -2.44. The van der Waals surface area contributed by atoms with E-state index in [1.807, 2.05) is 19.9 Å². The number of benzene rings is 1. The molecule has 1 aliphatic heterocycles. The molecule has 1 unspecified atom stereocenters. The van der Waals surface area contributed by atoms with Crippen molar-refractivity contribution in [3.05, 3.63) is 40.8 Å². The number of hydrogen-bond acceptors (Lipinski definition) is 6. The van der Waals surface area contributed by atoms with Crippen LogP contribution in [0.25, 0.3) is 0 Å². The maximum absolute atomic E-state index is 5.40. The van der Waals surface area contributed by atoms with Gasteiger partial charge in [-0.1, -0.05) is 5.16 Å². The fourth-order valence-electron chi connectivity index (χ4n) is 3.96. The molecule has 8 nitrogen and oxygen atoms in total. The fourth-order valence-corrected chi connectivity index (χ4v) is 3.96. The number of aliphatic imine (C=N–C) groups is 1. The normalized spacial score (nSPS) is 17.1. The van der Waals surface area contributed by atoms with Crippen molar-refractivity contribution in [2.75, 3.05) is 40.4 Å². The van der Waals surface area contributed by atoms with Gasteiger partial charge in [0, 0.05) is 50.4 Å². The van der Waals surface area contributed by atoms with E-state index in [9.17, 15) is 0 Å². The summed E-state index contributed by atoms with van der Waals surface area (Å²) in [5, 5.41) is 11.0. The molecule has 0 saturated carbocycles. The van der Waals surface area contributed by atoms with Crippen LogP contribution in [0.5, 0.6) is 11.5 Å².